The highest BCUT2D eigenvalue weighted by Gasteiger charge is 2.29. The van der Waals surface area contributed by atoms with Gasteiger partial charge < -0.3 is 14.4 Å². The van der Waals surface area contributed by atoms with Crippen LogP contribution in [0.5, 0.6) is 0 Å². The average Bonchev–Trinajstić information content (AvgIpc) is 2.67. The molecule has 28 heavy (non-hydrogen) atoms. The van der Waals surface area contributed by atoms with Crippen LogP contribution in [-0.4, -0.2) is 40.8 Å². The summed E-state index contributed by atoms with van der Waals surface area (Å²) >= 11 is 6.04. The van der Waals surface area contributed by atoms with Crippen molar-refractivity contribution in [3.63, 3.8) is 0 Å². The summed E-state index contributed by atoms with van der Waals surface area (Å²) in [5.41, 5.74) is 1.39. The second kappa shape index (κ2) is 8.93. The molecule has 6 heteroatoms. The third-order valence-electron chi connectivity index (χ3n) is 4.55. The maximum absolute atomic E-state index is 12.3. The number of pyridine rings is 1. The lowest BCUT2D eigenvalue weighted by Crippen LogP contribution is -2.43. The molecule has 150 valence electrons. The molecule has 1 aromatic heterocycles. The maximum Gasteiger partial charge on any atom is 0.410 e. The van der Waals surface area contributed by atoms with Crippen molar-refractivity contribution in [2.75, 3.05) is 13.1 Å². The SMILES string of the molecule is CC(C)(C)OC(=O)N1CCC(OC(c2ccc(Cl)cc2)c2ccccn2)CC1. The second-order valence-electron chi connectivity index (χ2n) is 7.99. The number of nitrogens with zero attached hydrogens (tertiary/aromatic N) is 2. The molecule has 3 rings (SSSR count). The summed E-state index contributed by atoms with van der Waals surface area (Å²) in [6, 6.07) is 13.5. The number of aromatic nitrogens is 1. The highest BCUT2D eigenvalue weighted by molar-refractivity contribution is 6.30. The molecule has 1 aliphatic rings. The van der Waals surface area contributed by atoms with E-state index in [0.717, 1.165) is 24.1 Å². The Morgan fingerprint density at radius 3 is 2.39 bits per heavy atom. The molecule has 1 aliphatic heterocycles. The Kier molecular flexibility index (Phi) is 6.57. The molecule has 0 aliphatic carbocycles. The van der Waals surface area contributed by atoms with Gasteiger partial charge in [-0.15, -0.1) is 0 Å². The number of piperidine rings is 1. The van der Waals surface area contributed by atoms with E-state index >= 15 is 0 Å². The molecule has 0 bridgehead atoms. The number of carbonyl (C=O) groups excluding carboxylic acids is 1. The van der Waals surface area contributed by atoms with E-state index in [0.29, 0.717) is 18.1 Å². The quantitative estimate of drug-likeness (QED) is 0.701. The van der Waals surface area contributed by atoms with Crippen LogP contribution in [-0.2, 0) is 9.47 Å². The summed E-state index contributed by atoms with van der Waals surface area (Å²) in [4.78, 5) is 18.5. The van der Waals surface area contributed by atoms with Gasteiger partial charge in [0.1, 0.15) is 11.7 Å². The second-order valence-corrected chi connectivity index (χ2v) is 8.43. The van der Waals surface area contributed by atoms with Gasteiger partial charge in [0.2, 0.25) is 0 Å². The molecule has 0 saturated carbocycles. The first kappa shape index (κ1) is 20.6. The first-order valence-electron chi connectivity index (χ1n) is 9.61. The normalized spacial score (nSPS) is 16.6. The molecule has 1 fully saturated rings. The summed E-state index contributed by atoms with van der Waals surface area (Å²) in [6.07, 6.45) is 2.81. The molecule has 1 saturated heterocycles. The predicted molar refractivity (Wildman–Crippen MR) is 109 cm³/mol. The lowest BCUT2D eigenvalue weighted by molar-refractivity contribution is -0.0350. The van der Waals surface area contributed by atoms with Crippen LogP contribution < -0.4 is 0 Å². The Balaban J connectivity index is 1.66. The number of likely N-dealkylation sites (tertiary alicyclic amines) is 1. The fraction of sp³-hybridized carbons (Fsp3) is 0.455. The summed E-state index contributed by atoms with van der Waals surface area (Å²) < 4.78 is 11.9. The first-order chi connectivity index (χ1) is 13.3. The van der Waals surface area contributed by atoms with Crippen molar-refractivity contribution in [1.82, 2.24) is 9.88 Å². The van der Waals surface area contributed by atoms with Gasteiger partial charge in [0.25, 0.3) is 0 Å². The molecule has 5 nitrogen and oxygen atoms in total. The Bertz CT molecular complexity index is 767. The van der Waals surface area contributed by atoms with Crippen LogP contribution in [0.3, 0.4) is 0 Å². The van der Waals surface area contributed by atoms with Gasteiger partial charge in [-0.3, -0.25) is 4.98 Å². The number of rotatable bonds is 4. The van der Waals surface area contributed by atoms with Crippen LogP contribution in [0.15, 0.2) is 48.7 Å². The van der Waals surface area contributed by atoms with Crippen molar-refractivity contribution in [1.29, 1.82) is 0 Å². The topological polar surface area (TPSA) is 51.7 Å². The zero-order valence-electron chi connectivity index (χ0n) is 16.6. The number of ether oxygens (including phenoxy) is 2. The highest BCUT2D eigenvalue weighted by Crippen LogP contribution is 2.30. The Labute approximate surface area is 171 Å². The van der Waals surface area contributed by atoms with Crippen molar-refractivity contribution >= 4 is 17.7 Å². The monoisotopic (exact) mass is 402 g/mol. The zero-order chi connectivity index (χ0) is 20.1. The zero-order valence-corrected chi connectivity index (χ0v) is 17.4. The molecule has 2 aromatic rings. The van der Waals surface area contributed by atoms with Gasteiger partial charge in [-0.25, -0.2) is 4.79 Å². The van der Waals surface area contributed by atoms with Crippen LogP contribution in [0, 0.1) is 0 Å². The third kappa shape index (κ3) is 5.69. The minimum absolute atomic E-state index is 0.0429. The third-order valence-corrected chi connectivity index (χ3v) is 4.80. The lowest BCUT2D eigenvalue weighted by atomic mass is 10.0. The molecule has 0 radical (unpaired) electrons. The largest absolute Gasteiger partial charge is 0.444 e. The number of hydrogen-bond donors (Lipinski definition) is 0. The lowest BCUT2D eigenvalue weighted by Gasteiger charge is -2.34. The van der Waals surface area contributed by atoms with E-state index in [1.807, 2.05) is 63.2 Å². The van der Waals surface area contributed by atoms with Gasteiger partial charge in [0, 0.05) is 24.3 Å². The molecular formula is C22H27ClN2O3. The fourth-order valence-corrected chi connectivity index (χ4v) is 3.31. The summed E-state index contributed by atoms with van der Waals surface area (Å²) in [6.45, 7) is 6.88. The van der Waals surface area contributed by atoms with Crippen LogP contribution in [0.4, 0.5) is 4.79 Å². The smallest absolute Gasteiger partial charge is 0.410 e. The summed E-state index contributed by atoms with van der Waals surface area (Å²) in [7, 11) is 0. The van der Waals surface area contributed by atoms with Gasteiger partial charge >= 0.3 is 6.09 Å². The molecular weight excluding hydrogens is 376 g/mol. The number of hydrogen-bond acceptors (Lipinski definition) is 4. The predicted octanol–water partition coefficient (Wildman–Crippen LogP) is 5.24. The number of amides is 1. The summed E-state index contributed by atoms with van der Waals surface area (Å²) in [5, 5.41) is 0.689. The Morgan fingerprint density at radius 1 is 1.14 bits per heavy atom. The van der Waals surface area contributed by atoms with E-state index in [2.05, 4.69) is 4.98 Å². The van der Waals surface area contributed by atoms with Crippen molar-refractivity contribution in [3.05, 3.63) is 64.9 Å². The molecule has 1 amide bonds. The van der Waals surface area contributed by atoms with E-state index in [-0.39, 0.29) is 18.3 Å². The van der Waals surface area contributed by atoms with Gasteiger partial charge in [-0.1, -0.05) is 29.8 Å². The van der Waals surface area contributed by atoms with Crippen molar-refractivity contribution < 1.29 is 14.3 Å². The Morgan fingerprint density at radius 2 is 1.82 bits per heavy atom. The van der Waals surface area contributed by atoms with Crippen LogP contribution in [0.2, 0.25) is 5.02 Å². The highest BCUT2D eigenvalue weighted by atomic mass is 35.5. The average molecular weight is 403 g/mol. The van der Waals surface area contributed by atoms with Crippen LogP contribution >= 0.6 is 11.6 Å². The number of halogens is 1. The van der Waals surface area contributed by atoms with Crippen molar-refractivity contribution in [3.8, 4) is 0 Å². The van der Waals surface area contributed by atoms with Gasteiger partial charge in [-0.05, 0) is 63.4 Å². The molecule has 2 heterocycles. The maximum atomic E-state index is 12.3. The number of carbonyl (C=O) groups is 1. The van der Waals surface area contributed by atoms with E-state index < -0.39 is 5.60 Å². The molecule has 1 aromatic carbocycles. The van der Waals surface area contributed by atoms with E-state index in [1.165, 1.54) is 0 Å². The van der Waals surface area contributed by atoms with E-state index in [9.17, 15) is 4.79 Å². The minimum Gasteiger partial charge on any atom is -0.444 e. The Hall–Kier alpha value is -2.11. The molecule has 1 unspecified atom stereocenters. The number of benzene rings is 1. The first-order valence-corrected chi connectivity index (χ1v) is 9.99. The van der Waals surface area contributed by atoms with Gasteiger partial charge in [0.05, 0.1) is 11.8 Å². The van der Waals surface area contributed by atoms with Crippen molar-refractivity contribution in [2.45, 2.75) is 51.4 Å². The van der Waals surface area contributed by atoms with Gasteiger partial charge in [-0.2, -0.15) is 0 Å². The van der Waals surface area contributed by atoms with Gasteiger partial charge in [0.15, 0.2) is 0 Å². The molecule has 1 atom stereocenters. The van der Waals surface area contributed by atoms with Crippen LogP contribution in [0.1, 0.15) is 51.0 Å². The van der Waals surface area contributed by atoms with E-state index in [4.69, 9.17) is 21.1 Å². The summed E-state index contributed by atoms with van der Waals surface area (Å²) in [5.74, 6) is 0. The van der Waals surface area contributed by atoms with E-state index in [1.54, 1.807) is 11.1 Å². The van der Waals surface area contributed by atoms with Crippen molar-refractivity contribution in [2.24, 2.45) is 0 Å². The standard InChI is InChI=1S/C22H27ClN2O3/c1-22(2,3)28-21(26)25-14-11-18(12-15-25)27-20(19-6-4-5-13-24-19)16-7-9-17(23)10-8-16/h4-10,13,18,20H,11-12,14-15H2,1-3H3. The minimum atomic E-state index is -0.483. The molecule has 0 spiro atoms. The molecule has 0 N–H and O–H groups in total. The van der Waals surface area contributed by atoms with Crippen LogP contribution in [0.25, 0.3) is 0 Å². The fourth-order valence-electron chi connectivity index (χ4n) is 3.18.